The second-order valence-electron chi connectivity index (χ2n) is 7.10. The number of anilines is 1. The molecule has 0 saturated carbocycles. The van der Waals surface area contributed by atoms with Gasteiger partial charge in [-0.15, -0.1) is 0 Å². The van der Waals surface area contributed by atoms with Crippen LogP contribution in [0.25, 0.3) is 0 Å². The molecule has 3 rings (SSSR count). The average molecular weight is 342 g/mol. The number of piperidine rings is 1. The van der Waals surface area contributed by atoms with E-state index in [1.165, 1.54) is 16.7 Å². The van der Waals surface area contributed by atoms with Crippen LogP contribution < -0.4 is 10.2 Å². The highest BCUT2D eigenvalue weighted by Gasteiger charge is 2.19. The highest BCUT2D eigenvalue weighted by atomic mass is 19.1. The van der Waals surface area contributed by atoms with Crippen LogP contribution in [0.2, 0.25) is 0 Å². The summed E-state index contributed by atoms with van der Waals surface area (Å²) in [7, 11) is 0. The Balaban J connectivity index is 1.57. The van der Waals surface area contributed by atoms with Gasteiger partial charge in [-0.3, -0.25) is 0 Å². The Kier molecular flexibility index (Phi) is 5.71. The molecule has 1 fully saturated rings. The Labute approximate surface area is 149 Å². The monoisotopic (exact) mass is 342 g/mol. The van der Waals surface area contributed by atoms with Crippen molar-refractivity contribution in [3.8, 4) is 0 Å². The maximum absolute atomic E-state index is 14.5. The molecule has 0 bridgehead atoms. The normalized spacial score (nSPS) is 15.6. The Morgan fingerprint density at radius 2 is 1.64 bits per heavy atom. The van der Waals surface area contributed by atoms with Crippen molar-refractivity contribution in [2.24, 2.45) is 0 Å². The molecular weight excluding hydrogens is 315 g/mol. The zero-order valence-electron chi connectivity index (χ0n) is 15.1. The minimum absolute atomic E-state index is 0.179. The topological polar surface area (TPSA) is 35.5 Å². The van der Waals surface area contributed by atoms with E-state index in [9.17, 15) is 9.50 Å². The van der Waals surface area contributed by atoms with Crippen LogP contribution in [0.15, 0.2) is 36.4 Å². The first-order valence-electron chi connectivity index (χ1n) is 9.00. The molecule has 0 spiro atoms. The molecular formula is C21H27FN2O. The van der Waals surface area contributed by atoms with Gasteiger partial charge in [-0.25, -0.2) is 4.39 Å². The summed E-state index contributed by atoms with van der Waals surface area (Å²) in [6.45, 7) is 7.04. The molecule has 0 unspecified atom stereocenters. The molecule has 0 atom stereocenters. The van der Waals surface area contributed by atoms with Crippen molar-refractivity contribution in [2.45, 2.75) is 45.9 Å². The second kappa shape index (κ2) is 7.98. The van der Waals surface area contributed by atoms with E-state index in [1.807, 2.05) is 17.0 Å². The number of benzene rings is 2. The average Bonchev–Trinajstić information content (AvgIpc) is 2.55. The van der Waals surface area contributed by atoms with Gasteiger partial charge in [-0.2, -0.15) is 0 Å². The predicted molar refractivity (Wildman–Crippen MR) is 100 cm³/mol. The van der Waals surface area contributed by atoms with Crippen LogP contribution in [0.5, 0.6) is 0 Å². The van der Waals surface area contributed by atoms with Crippen LogP contribution in [0.3, 0.4) is 0 Å². The second-order valence-corrected chi connectivity index (χ2v) is 7.10. The summed E-state index contributed by atoms with van der Waals surface area (Å²) in [5.41, 5.74) is 5.37. The van der Waals surface area contributed by atoms with E-state index in [2.05, 4.69) is 37.4 Å². The Morgan fingerprint density at radius 1 is 1.00 bits per heavy atom. The molecule has 4 heteroatoms. The number of nitrogens with zero attached hydrogens (tertiary/aromatic N) is 1. The first-order chi connectivity index (χ1) is 12.0. The predicted octanol–water partition coefficient (Wildman–Crippen LogP) is 3.69. The van der Waals surface area contributed by atoms with Gasteiger partial charge in [-0.1, -0.05) is 35.4 Å². The SMILES string of the molecule is Cc1cc(C)cc(CNCc2ccc(N3CCC(O)CC3)c(F)c2)c1. The van der Waals surface area contributed by atoms with Crippen LogP contribution in [0, 0.1) is 19.7 Å². The number of aliphatic hydroxyl groups excluding tert-OH is 1. The van der Waals surface area contributed by atoms with E-state index in [4.69, 9.17) is 0 Å². The lowest BCUT2D eigenvalue weighted by Gasteiger charge is -2.31. The zero-order chi connectivity index (χ0) is 17.8. The molecule has 1 aliphatic heterocycles. The number of aliphatic hydroxyl groups is 1. The first kappa shape index (κ1) is 17.9. The van der Waals surface area contributed by atoms with E-state index in [-0.39, 0.29) is 11.9 Å². The van der Waals surface area contributed by atoms with Crippen molar-refractivity contribution in [3.63, 3.8) is 0 Å². The molecule has 0 aliphatic carbocycles. The number of rotatable bonds is 5. The summed E-state index contributed by atoms with van der Waals surface area (Å²) in [6, 6.07) is 12.0. The summed E-state index contributed by atoms with van der Waals surface area (Å²) in [6.07, 6.45) is 1.17. The maximum atomic E-state index is 14.5. The lowest BCUT2D eigenvalue weighted by molar-refractivity contribution is 0.145. The van der Waals surface area contributed by atoms with Crippen molar-refractivity contribution in [2.75, 3.05) is 18.0 Å². The molecule has 0 aromatic heterocycles. The molecule has 3 nitrogen and oxygen atoms in total. The molecule has 1 heterocycles. The standard InChI is InChI=1S/C21H27FN2O/c1-15-9-16(2)11-18(10-15)14-23-13-17-3-4-21(20(22)12-17)24-7-5-19(25)6-8-24/h3-4,9-12,19,23,25H,5-8,13-14H2,1-2H3. The van der Waals surface area contributed by atoms with Crippen molar-refractivity contribution in [1.82, 2.24) is 5.32 Å². The Bertz CT molecular complexity index is 704. The lowest BCUT2D eigenvalue weighted by Crippen LogP contribution is -2.36. The third-order valence-corrected chi connectivity index (χ3v) is 4.76. The third-order valence-electron chi connectivity index (χ3n) is 4.76. The van der Waals surface area contributed by atoms with Gasteiger partial charge in [0.15, 0.2) is 0 Å². The molecule has 134 valence electrons. The van der Waals surface area contributed by atoms with Crippen molar-refractivity contribution < 1.29 is 9.50 Å². The van der Waals surface area contributed by atoms with Crippen LogP contribution in [-0.4, -0.2) is 24.3 Å². The maximum Gasteiger partial charge on any atom is 0.146 e. The van der Waals surface area contributed by atoms with Crippen LogP contribution in [0.1, 0.15) is 35.1 Å². The van der Waals surface area contributed by atoms with Crippen LogP contribution in [0.4, 0.5) is 10.1 Å². The van der Waals surface area contributed by atoms with Gasteiger partial charge in [0.25, 0.3) is 0 Å². The highest BCUT2D eigenvalue weighted by Crippen LogP contribution is 2.24. The minimum Gasteiger partial charge on any atom is -0.393 e. The molecule has 25 heavy (non-hydrogen) atoms. The van der Waals surface area contributed by atoms with Gasteiger partial charge < -0.3 is 15.3 Å². The first-order valence-corrected chi connectivity index (χ1v) is 9.00. The molecule has 2 aromatic rings. The van der Waals surface area contributed by atoms with Gasteiger partial charge in [0.05, 0.1) is 11.8 Å². The summed E-state index contributed by atoms with van der Waals surface area (Å²) in [5.74, 6) is -0.179. The third kappa shape index (κ3) is 4.80. The van der Waals surface area contributed by atoms with Crippen molar-refractivity contribution >= 4 is 5.69 Å². The number of halogens is 1. The molecule has 1 saturated heterocycles. The number of hydrogen-bond acceptors (Lipinski definition) is 3. The van der Waals surface area contributed by atoms with Crippen LogP contribution in [-0.2, 0) is 13.1 Å². The fraction of sp³-hybridized carbons (Fsp3) is 0.429. The summed E-state index contributed by atoms with van der Waals surface area (Å²) >= 11 is 0. The molecule has 0 radical (unpaired) electrons. The van der Waals surface area contributed by atoms with E-state index in [0.29, 0.717) is 38.2 Å². The number of hydrogen-bond donors (Lipinski definition) is 2. The van der Waals surface area contributed by atoms with Gasteiger partial charge in [-0.05, 0) is 49.9 Å². The molecule has 0 amide bonds. The molecule has 2 N–H and O–H groups in total. The van der Waals surface area contributed by atoms with Crippen LogP contribution >= 0.6 is 0 Å². The van der Waals surface area contributed by atoms with Crippen molar-refractivity contribution in [1.29, 1.82) is 0 Å². The minimum atomic E-state index is -0.243. The summed E-state index contributed by atoms with van der Waals surface area (Å²) in [4.78, 5) is 2.02. The summed E-state index contributed by atoms with van der Waals surface area (Å²) in [5, 5.41) is 13.0. The fourth-order valence-corrected chi connectivity index (χ4v) is 3.55. The molecule has 1 aliphatic rings. The lowest BCUT2D eigenvalue weighted by atomic mass is 10.1. The number of nitrogens with one attached hydrogen (secondary N) is 1. The largest absolute Gasteiger partial charge is 0.393 e. The van der Waals surface area contributed by atoms with E-state index in [1.54, 1.807) is 6.07 Å². The van der Waals surface area contributed by atoms with Crippen molar-refractivity contribution in [3.05, 3.63) is 64.5 Å². The summed E-state index contributed by atoms with van der Waals surface area (Å²) < 4.78 is 14.5. The van der Waals surface area contributed by atoms with E-state index < -0.39 is 0 Å². The van der Waals surface area contributed by atoms with Gasteiger partial charge in [0.2, 0.25) is 0 Å². The smallest absolute Gasteiger partial charge is 0.146 e. The van der Waals surface area contributed by atoms with E-state index >= 15 is 0 Å². The quantitative estimate of drug-likeness (QED) is 0.870. The fourth-order valence-electron chi connectivity index (χ4n) is 3.55. The van der Waals surface area contributed by atoms with E-state index in [0.717, 1.165) is 12.1 Å². The highest BCUT2D eigenvalue weighted by molar-refractivity contribution is 5.49. The Hall–Kier alpha value is -1.91. The van der Waals surface area contributed by atoms with Gasteiger partial charge >= 0.3 is 0 Å². The Morgan fingerprint density at radius 3 is 2.28 bits per heavy atom. The van der Waals surface area contributed by atoms with Gasteiger partial charge in [0.1, 0.15) is 5.82 Å². The zero-order valence-corrected chi connectivity index (χ0v) is 15.1. The molecule has 2 aromatic carbocycles. The van der Waals surface area contributed by atoms with Gasteiger partial charge in [0, 0.05) is 26.2 Å². The number of aryl methyl sites for hydroxylation is 2.